The number of piperidine rings is 1. The number of terminal acetylenes is 1. The SMILES string of the molecule is C#CCN1CCCCC1C(=O)NCCc1cccc(Cl)c1Cl. The lowest BCUT2D eigenvalue weighted by Gasteiger charge is -2.33. The molecule has 0 bridgehead atoms. The van der Waals surface area contributed by atoms with Crippen LogP contribution in [0, 0.1) is 12.3 Å². The van der Waals surface area contributed by atoms with Gasteiger partial charge in [-0.05, 0) is 37.4 Å². The van der Waals surface area contributed by atoms with Gasteiger partial charge in [0.15, 0.2) is 0 Å². The molecule has 2 rings (SSSR count). The van der Waals surface area contributed by atoms with Gasteiger partial charge in [0.1, 0.15) is 0 Å². The van der Waals surface area contributed by atoms with Crippen LogP contribution in [0.1, 0.15) is 24.8 Å². The first kappa shape index (κ1) is 17.1. The summed E-state index contributed by atoms with van der Waals surface area (Å²) in [5.41, 5.74) is 0.943. The molecule has 1 amide bonds. The molecule has 5 heteroatoms. The van der Waals surface area contributed by atoms with Crippen molar-refractivity contribution < 1.29 is 4.79 Å². The van der Waals surface area contributed by atoms with E-state index in [-0.39, 0.29) is 11.9 Å². The monoisotopic (exact) mass is 338 g/mol. The highest BCUT2D eigenvalue weighted by molar-refractivity contribution is 6.42. The van der Waals surface area contributed by atoms with Crippen molar-refractivity contribution in [1.82, 2.24) is 10.2 Å². The number of carbonyl (C=O) groups is 1. The molecule has 1 atom stereocenters. The van der Waals surface area contributed by atoms with Crippen molar-refractivity contribution in [2.45, 2.75) is 31.7 Å². The second-order valence-corrected chi connectivity index (χ2v) is 6.23. The zero-order valence-electron chi connectivity index (χ0n) is 12.4. The quantitative estimate of drug-likeness (QED) is 0.836. The van der Waals surface area contributed by atoms with Gasteiger partial charge in [-0.2, -0.15) is 0 Å². The van der Waals surface area contributed by atoms with Crippen LogP contribution in [0.15, 0.2) is 18.2 Å². The number of hydrogen-bond acceptors (Lipinski definition) is 2. The Labute approximate surface area is 142 Å². The topological polar surface area (TPSA) is 32.3 Å². The number of hydrogen-bond donors (Lipinski definition) is 1. The minimum absolute atomic E-state index is 0.0492. The molecular weight excluding hydrogens is 319 g/mol. The fraction of sp³-hybridized carbons (Fsp3) is 0.471. The summed E-state index contributed by atoms with van der Waals surface area (Å²) >= 11 is 12.1. The van der Waals surface area contributed by atoms with Crippen LogP contribution in [0.25, 0.3) is 0 Å². The third-order valence-electron chi connectivity index (χ3n) is 3.94. The van der Waals surface area contributed by atoms with Crippen LogP contribution in [0.2, 0.25) is 10.0 Å². The number of benzene rings is 1. The van der Waals surface area contributed by atoms with Gasteiger partial charge in [-0.3, -0.25) is 9.69 Å². The van der Waals surface area contributed by atoms with Crippen molar-refractivity contribution in [1.29, 1.82) is 0 Å². The third kappa shape index (κ3) is 4.39. The normalized spacial score (nSPS) is 18.7. The van der Waals surface area contributed by atoms with Crippen molar-refractivity contribution in [2.75, 3.05) is 19.6 Å². The molecule has 1 aliphatic rings. The molecule has 1 aromatic carbocycles. The van der Waals surface area contributed by atoms with Crippen molar-refractivity contribution >= 4 is 29.1 Å². The van der Waals surface area contributed by atoms with Crippen LogP contribution in [0.5, 0.6) is 0 Å². The fourth-order valence-electron chi connectivity index (χ4n) is 2.77. The van der Waals surface area contributed by atoms with Gasteiger partial charge in [0.2, 0.25) is 5.91 Å². The number of likely N-dealkylation sites (tertiary alicyclic amines) is 1. The van der Waals surface area contributed by atoms with E-state index in [1.807, 2.05) is 12.1 Å². The Morgan fingerprint density at radius 2 is 2.23 bits per heavy atom. The Hall–Kier alpha value is -1.21. The van der Waals surface area contributed by atoms with Gasteiger partial charge in [-0.15, -0.1) is 6.42 Å². The lowest BCUT2D eigenvalue weighted by atomic mass is 10.0. The number of nitrogens with zero attached hydrogens (tertiary/aromatic N) is 1. The summed E-state index contributed by atoms with van der Waals surface area (Å²) in [5.74, 6) is 2.68. The van der Waals surface area contributed by atoms with Crippen molar-refractivity contribution in [3.8, 4) is 12.3 Å². The van der Waals surface area contributed by atoms with E-state index < -0.39 is 0 Å². The molecule has 0 saturated carbocycles. The first-order valence-corrected chi connectivity index (χ1v) is 8.27. The van der Waals surface area contributed by atoms with Crippen molar-refractivity contribution in [2.24, 2.45) is 0 Å². The second kappa shape index (κ2) is 8.43. The Bertz CT molecular complexity index is 568. The van der Waals surface area contributed by atoms with E-state index >= 15 is 0 Å². The molecular formula is C17H20Cl2N2O. The summed E-state index contributed by atoms with van der Waals surface area (Å²) in [4.78, 5) is 14.4. The average Bonchev–Trinajstić information content (AvgIpc) is 2.52. The maximum absolute atomic E-state index is 12.3. The Kier molecular flexibility index (Phi) is 6.57. The minimum Gasteiger partial charge on any atom is -0.354 e. The van der Waals surface area contributed by atoms with Gasteiger partial charge >= 0.3 is 0 Å². The van der Waals surface area contributed by atoms with E-state index in [4.69, 9.17) is 29.6 Å². The van der Waals surface area contributed by atoms with Crippen molar-refractivity contribution in [3.63, 3.8) is 0 Å². The van der Waals surface area contributed by atoms with E-state index in [0.717, 1.165) is 31.4 Å². The lowest BCUT2D eigenvalue weighted by Crippen LogP contribution is -2.49. The van der Waals surface area contributed by atoms with Gasteiger partial charge in [0, 0.05) is 6.54 Å². The molecule has 1 aromatic rings. The Balaban J connectivity index is 1.87. The molecule has 1 fully saturated rings. The molecule has 0 radical (unpaired) electrons. The number of amides is 1. The molecule has 118 valence electrons. The molecule has 1 N–H and O–H groups in total. The molecule has 1 aliphatic heterocycles. The molecule has 0 spiro atoms. The second-order valence-electron chi connectivity index (χ2n) is 5.44. The van der Waals surface area contributed by atoms with Crippen LogP contribution in [0.3, 0.4) is 0 Å². The number of rotatable bonds is 5. The minimum atomic E-state index is -0.111. The summed E-state index contributed by atoms with van der Waals surface area (Å²) in [6.07, 6.45) is 9.07. The van der Waals surface area contributed by atoms with Gasteiger partial charge in [0.05, 0.1) is 22.6 Å². The molecule has 3 nitrogen and oxygen atoms in total. The Morgan fingerprint density at radius 1 is 1.41 bits per heavy atom. The van der Waals surface area contributed by atoms with Crippen LogP contribution in [0.4, 0.5) is 0 Å². The number of nitrogens with one attached hydrogen (secondary N) is 1. The standard InChI is InChI=1S/C17H20Cl2N2O/c1-2-11-21-12-4-3-8-15(21)17(22)20-10-9-13-6-5-7-14(18)16(13)19/h1,5-7,15H,3-4,8-12H2,(H,20,22). The predicted octanol–water partition coefficient (Wildman–Crippen LogP) is 3.14. The van der Waals surface area contributed by atoms with E-state index in [2.05, 4.69) is 16.1 Å². The number of halogens is 2. The molecule has 22 heavy (non-hydrogen) atoms. The highest BCUT2D eigenvalue weighted by Gasteiger charge is 2.27. The summed E-state index contributed by atoms with van der Waals surface area (Å²) < 4.78 is 0. The van der Waals surface area contributed by atoms with Crippen molar-refractivity contribution in [3.05, 3.63) is 33.8 Å². The first-order chi connectivity index (χ1) is 10.6. The highest BCUT2D eigenvalue weighted by Crippen LogP contribution is 2.25. The molecule has 1 unspecified atom stereocenters. The van der Waals surface area contributed by atoms with Crippen LogP contribution in [-0.2, 0) is 11.2 Å². The zero-order valence-corrected chi connectivity index (χ0v) is 14.0. The first-order valence-electron chi connectivity index (χ1n) is 7.51. The average molecular weight is 339 g/mol. The fourth-order valence-corrected chi connectivity index (χ4v) is 3.19. The summed E-state index contributed by atoms with van der Waals surface area (Å²) in [5, 5.41) is 4.09. The van der Waals surface area contributed by atoms with Crippen LogP contribution >= 0.6 is 23.2 Å². The highest BCUT2D eigenvalue weighted by atomic mass is 35.5. The molecule has 1 heterocycles. The molecule has 0 aliphatic carbocycles. The van der Waals surface area contributed by atoms with Gasteiger partial charge in [-0.25, -0.2) is 0 Å². The van der Waals surface area contributed by atoms with Gasteiger partial charge in [0.25, 0.3) is 0 Å². The third-order valence-corrected chi connectivity index (χ3v) is 4.79. The van der Waals surface area contributed by atoms with Crippen LogP contribution in [-0.4, -0.2) is 36.5 Å². The predicted molar refractivity (Wildman–Crippen MR) is 91.2 cm³/mol. The molecule has 0 aromatic heterocycles. The summed E-state index contributed by atoms with van der Waals surface area (Å²) in [6.45, 7) is 1.96. The summed E-state index contributed by atoms with van der Waals surface area (Å²) in [6, 6.07) is 5.43. The maximum Gasteiger partial charge on any atom is 0.237 e. The van der Waals surface area contributed by atoms with E-state index in [0.29, 0.717) is 29.6 Å². The van der Waals surface area contributed by atoms with E-state index in [9.17, 15) is 4.79 Å². The van der Waals surface area contributed by atoms with E-state index in [1.165, 1.54) is 0 Å². The summed E-state index contributed by atoms with van der Waals surface area (Å²) in [7, 11) is 0. The maximum atomic E-state index is 12.3. The molecule has 1 saturated heterocycles. The van der Waals surface area contributed by atoms with Crippen LogP contribution < -0.4 is 5.32 Å². The smallest absolute Gasteiger partial charge is 0.237 e. The lowest BCUT2D eigenvalue weighted by molar-refractivity contribution is -0.127. The van der Waals surface area contributed by atoms with E-state index in [1.54, 1.807) is 6.07 Å². The Morgan fingerprint density at radius 3 is 3.00 bits per heavy atom. The largest absolute Gasteiger partial charge is 0.354 e. The zero-order chi connectivity index (χ0) is 15.9. The number of carbonyl (C=O) groups excluding carboxylic acids is 1. The van der Waals surface area contributed by atoms with Gasteiger partial charge in [-0.1, -0.05) is 47.7 Å². The van der Waals surface area contributed by atoms with Gasteiger partial charge < -0.3 is 5.32 Å².